The number of carbonyl (C=O) groups excluding carboxylic acids is 1. The quantitative estimate of drug-likeness (QED) is 0.633. The summed E-state index contributed by atoms with van der Waals surface area (Å²) in [4.78, 5) is 15.1. The van der Waals surface area contributed by atoms with Gasteiger partial charge in [-0.1, -0.05) is 17.7 Å². The van der Waals surface area contributed by atoms with Crippen LogP contribution < -0.4 is 0 Å². The van der Waals surface area contributed by atoms with Gasteiger partial charge in [0.1, 0.15) is 5.15 Å². The van der Waals surface area contributed by atoms with Crippen molar-refractivity contribution in [2.45, 2.75) is 26.1 Å². The van der Waals surface area contributed by atoms with Crippen LogP contribution in [0, 0.1) is 0 Å². The van der Waals surface area contributed by atoms with Crippen molar-refractivity contribution in [1.82, 2.24) is 4.98 Å². The molecule has 1 aromatic rings. The van der Waals surface area contributed by atoms with Crippen molar-refractivity contribution < 1.29 is 14.6 Å². The van der Waals surface area contributed by atoms with Crippen molar-refractivity contribution in [2.24, 2.45) is 0 Å². The van der Waals surface area contributed by atoms with E-state index >= 15 is 0 Å². The molecule has 0 spiro atoms. The Bertz CT molecular complexity index is 337. The van der Waals surface area contributed by atoms with E-state index in [1.165, 1.54) is 18.3 Å². The molecule has 0 saturated heterocycles. The van der Waals surface area contributed by atoms with Crippen LogP contribution in [-0.2, 0) is 9.53 Å². The highest BCUT2D eigenvalue weighted by Crippen LogP contribution is 2.15. The molecule has 1 unspecified atom stereocenters. The minimum atomic E-state index is -1.31. The third kappa shape index (κ3) is 3.49. The molecule has 4 nitrogen and oxygen atoms in total. The van der Waals surface area contributed by atoms with Crippen LogP contribution in [0.25, 0.3) is 0 Å². The van der Waals surface area contributed by atoms with E-state index < -0.39 is 12.1 Å². The number of nitrogens with zero attached hydrogens (tertiary/aromatic N) is 1. The molecule has 1 N–H and O–H groups in total. The van der Waals surface area contributed by atoms with Crippen LogP contribution in [0.4, 0.5) is 0 Å². The predicted molar refractivity (Wildman–Crippen MR) is 55.4 cm³/mol. The van der Waals surface area contributed by atoms with Crippen LogP contribution >= 0.6 is 11.6 Å². The molecule has 5 heteroatoms. The standard InChI is InChI=1S/C10H12ClNO3/c1-6(2)15-10(14)9(13)7-3-4-8(11)12-5-7/h3-6,9,13H,1-2H3. The normalized spacial score (nSPS) is 12.6. The Hall–Kier alpha value is -1.13. The van der Waals surface area contributed by atoms with Gasteiger partial charge in [0.25, 0.3) is 0 Å². The summed E-state index contributed by atoms with van der Waals surface area (Å²) in [5.41, 5.74) is 0.366. The van der Waals surface area contributed by atoms with E-state index in [0.29, 0.717) is 10.7 Å². The Morgan fingerprint density at radius 2 is 2.20 bits per heavy atom. The second-order valence-electron chi connectivity index (χ2n) is 3.30. The lowest BCUT2D eigenvalue weighted by atomic mass is 10.2. The first-order valence-electron chi connectivity index (χ1n) is 4.50. The van der Waals surface area contributed by atoms with Gasteiger partial charge in [0.2, 0.25) is 0 Å². The van der Waals surface area contributed by atoms with Gasteiger partial charge in [0.15, 0.2) is 6.10 Å². The van der Waals surface area contributed by atoms with Gasteiger partial charge in [-0.15, -0.1) is 0 Å². The van der Waals surface area contributed by atoms with Crippen LogP contribution in [0.2, 0.25) is 5.15 Å². The predicted octanol–water partition coefficient (Wildman–Crippen LogP) is 1.72. The van der Waals surface area contributed by atoms with Crippen molar-refractivity contribution in [1.29, 1.82) is 0 Å². The van der Waals surface area contributed by atoms with Crippen LogP contribution in [-0.4, -0.2) is 22.2 Å². The van der Waals surface area contributed by atoms with Gasteiger partial charge in [-0.25, -0.2) is 9.78 Å². The fourth-order valence-electron chi connectivity index (χ4n) is 0.982. The first-order chi connectivity index (χ1) is 7.00. The number of aliphatic hydroxyl groups is 1. The molecule has 1 aromatic heterocycles. The first kappa shape index (κ1) is 11.9. The zero-order valence-electron chi connectivity index (χ0n) is 8.48. The number of halogens is 1. The Morgan fingerprint density at radius 1 is 1.53 bits per heavy atom. The number of esters is 1. The fourth-order valence-corrected chi connectivity index (χ4v) is 1.09. The van der Waals surface area contributed by atoms with Crippen LogP contribution in [0.5, 0.6) is 0 Å². The van der Waals surface area contributed by atoms with Gasteiger partial charge < -0.3 is 9.84 Å². The van der Waals surface area contributed by atoms with E-state index in [1.54, 1.807) is 13.8 Å². The molecule has 0 aliphatic carbocycles. The zero-order chi connectivity index (χ0) is 11.4. The van der Waals surface area contributed by atoms with Gasteiger partial charge in [0, 0.05) is 11.8 Å². The Balaban J connectivity index is 2.71. The van der Waals surface area contributed by atoms with Gasteiger partial charge >= 0.3 is 5.97 Å². The van der Waals surface area contributed by atoms with E-state index in [0.717, 1.165) is 0 Å². The lowest BCUT2D eigenvalue weighted by Crippen LogP contribution is -2.19. The first-order valence-corrected chi connectivity index (χ1v) is 4.88. The van der Waals surface area contributed by atoms with Gasteiger partial charge in [-0.2, -0.15) is 0 Å². The molecule has 82 valence electrons. The number of aliphatic hydroxyl groups excluding tert-OH is 1. The van der Waals surface area contributed by atoms with E-state index in [1.807, 2.05) is 0 Å². The van der Waals surface area contributed by atoms with E-state index in [-0.39, 0.29) is 6.10 Å². The highest BCUT2D eigenvalue weighted by Gasteiger charge is 2.20. The molecular weight excluding hydrogens is 218 g/mol. The highest BCUT2D eigenvalue weighted by molar-refractivity contribution is 6.29. The molecule has 0 aliphatic heterocycles. The summed E-state index contributed by atoms with van der Waals surface area (Å²) in [6.45, 7) is 3.43. The molecule has 0 fully saturated rings. The molecule has 1 atom stereocenters. The summed E-state index contributed by atoms with van der Waals surface area (Å²) in [5.74, 6) is -0.686. The molecule has 0 amide bonds. The number of hydrogen-bond acceptors (Lipinski definition) is 4. The summed E-state index contributed by atoms with van der Waals surface area (Å²) in [6, 6.07) is 3.03. The van der Waals surface area contributed by atoms with Crippen molar-refractivity contribution in [2.75, 3.05) is 0 Å². The maximum absolute atomic E-state index is 11.3. The average Bonchev–Trinajstić information content (AvgIpc) is 2.17. The molecule has 1 rings (SSSR count). The number of ether oxygens (including phenoxy) is 1. The number of rotatable bonds is 3. The molecule has 0 aromatic carbocycles. The lowest BCUT2D eigenvalue weighted by molar-refractivity contribution is -0.157. The van der Waals surface area contributed by atoms with Crippen molar-refractivity contribution >= 4 is 17.6 Å². The molecule has 0 bridgehead atoms. The highest BCUT2D eigenvalue weighted by atomic mass is 35.5. The van der Waals surface area contributed by atoms with Crippen LogP contribution in [0.3, 0.4) is 0 Å². The maximum Gasteiger partial charge on any atom is 0.339 e. The van der Waals surface area contributed by atoms with E-state index in [9.17, 15) is 9.90 Å². The van der Waals surface area contributed by atoms with Crippen molar-refractivity contribution in [3.8, 4) is 0 Å². The molecule has 0 aliphatic rings. The topological polar surface area (TPSA) is 59.4 Å². The SMILES string of the molecule is CC(C)OC(=O)C(O)c1ccc(Cl)nc1. The van der Waals surface area contributed by atoms with Crippen molar-refractivity contribution in [3.63, 3.8) is 0 Å². The molecule has 0 radical (unpaired) electrons. The third-order valence-corrected chi connectivity index (χ3v) is 1.86. The monoisotopic (exact) mass is 229 g/mol. The second kappa shape index (κ2) is 5.09. The smallest absolute Gasteiger partial charge is 0.339 e. The number of pyridine rings is 1. The summed E-state index contributed by atoms with van der Waals surface area (Å²) < 4.78 is 4.85. The third-order valence-electron chi connectivity index (χ3n) is 1.64. The molecule has 1 heterocycles. The molecule has 15 heavy (non-hydrogen) atoms. The van der Waals surface area contributed by atoms with Gasteiger partial charge in [-0.3, -0.25) is 0 Å². The largest absolute Gasteiger partial charge is 0.461 e. The minimum Gasteiger partial charge on any atom is -0.461 e. The summed E-state index contributed by atoms with van der Waals surface area (Å²) in [6.07, 6.45) is -0.223. The fraction of sp³-hybridized carbons (Fsp3) is 0.400. The Labute approximate surface area is 92.8 Å². The summed E-state index contributed by atoms with van der Waals surface area (Å²) >= 11 is 5.57. The van der Waals surface area contributed by atoms with Crippen LogP contribution in [0.15, 0.2) is 18.3 Å². The summed E-state index contributed by atoms with van der Waals surface area (Å²) in [5, 5.41) is 9.88. The zero-order valence-corrected chi connectivity index (χ0v) is 9.23. The number of hydrogen-bond donors (Lipinski definition) is 1. The van der Waals surface area contributed by atoms with Gasteiger partial charge in [0.05, 0.1) is 6.10 Å². The van der Waals surface area contributed by atoms with Crippen molar-refractivity contribution in [3.05, 3.63) is 29.0 Å². The molecular formula is C10H12ClNO3. The Kier molecular flexibility index (Phi) is 4.05. The maximum atomic E-state index is 11.3. The summed E-state index contributed by atoms with van der Waals surface area (Å²) in [7, 11) is 0. The van der Waals surface area contributed by atoms with Crippen LogP contribution in [0.1, 0.15) is 25.5 Å². The Morgan fingerprint density at radius 3 is 2.67 bits per heavy atom. The average molecular weight is 230 g/mol. The number of carbonyl (C=O) groups is 1. The molecule has 0 saturated carbocycles. The lowest BCUT2D eigenvalue weighted by Gasteiger charge is -2.12. The van der Waals surface area contributed by atoms with Gasteiger partial charge in [-0.05, 0) is 19.9 Å². The number of aromatic nitrogens is 1. The van der Waals surface area contributed by atoms with E-state index in [2.05, 4.69) is 4.98 Å². The van der Waals surface area contributed by atoms with E-state index in [4.69, 9.17) is 16.3 Å². The second-order valence-corrected chi connectivity index (χ2v) is 3.69. The minimum absolute atomic E-state index is 0.257.